The highest BCUT2D eigenvalue weighted by molar-refractivity contribution is 7.89. The highest BCUT2D eigenvalue weighted by Crippen LogP contribution is 2.34. The second-order valence-corrected chi connectivity index (χ2v) is 7.76. The standard InChI is InChI=1S/C15H20N2O4S/c1-10-5-3-4-8-17(10)22(19,20)12-6-7-13-14(9-12)21-11(2)15(18)16-13/h6-7,9-11H,3-5,8H2,1-2H3,(H,16,18). The van der Waals surface area contributed by atoms with Gasteiger partial charge in [0.1, 0.15) is 5.75 Å². The van der Waals surface area contributed by atoms with Crippen molar-refractivity contribution in [2.24, 2.45) is 0 Å². The van der Waals surface area contributed by atoms with E-state index < -0.39 is 16.1 Å². The number of amides is 1. The van der Waals surface area contributed by atoms with E-state index in [2.05, 4.69) is 5.32 Å². The van der Waals surface area contributed by atoms with Gasteiger partial charge in [-0.3, -0.25) is 4.79 Å². The maximum absolute atomic E-state index is 12.8. The maximum atomic E-state index is 12.8. The summed E-state index contributed by atoms with van der Waals surface area (Å²) in [6.07, 6.45) is 2.20. The number of hydrogen-bond acceptors (Lipinski definition) is 4. The summed E-state index contributed by atoms with van der Waals surface area (Å²) in [4.78, 5) is 11.8. The van der Waals surface area contributed by atoms with Gasteiger partial charge < -0.3 is 10.1 Å². The van der Waals surface area contributed by atoms with Crippen LogP contribution >= 0.6 is 0 Å². The van der Waals surface area contributed by atoms with E-state index in [0.717, 1.165) is 19.3 Å². The highest BCUT2D eigenvalue weighted by atomic mass is 32.2. The minimum atomic E-state index is -3.54. The molecule has 1 fully saturated rings. The molecule has 0 aliphatic carbocycles. The smallest absolute Gasteiger partial charge is 0.265 e. The second kappa shape index (κ2) is 5.55. The van der Waals surface area contributed by atoms with Crippen molar-refractivity contribution in [3.63, 3.8) is 0 Å². The molecule has 120 valence electrons. The number of carbonyl (C=O) groups is 1. The number of ether oxygens (including phenoxy) is 1. The van der Waals surface area contributed by atoms with Gasteiger partial charge in [0.2, 0.25) is 10.0 Å². The fourth-order valence-electron chi connectivity index (χ4n) is 2.91. The fraction of sp³-hybridized carbons (Fsp3) is 0.533. The predicted molar refractivity (Wildman–Crippen MR) is 82.4 cm³/mol. The zero-order valence-electron chi connectivity index (χ0n) is 12.7. The SMILES string of the molecule is CC1Oc2cc(S(=O)(=O)N3CCCCC3C)ccc2NC1=O. The number of anilines is 1. The summed E-state index contributed by atoms with van der Waals surface area (Å²) in [5.41, 5.74) is 0.508. The molecule has 0 aromatic heterocycles. The average Bonchev–Trinajstić information content (AvgIpc) is 2.48. The molecule has 0 spiro atoms. The van der Waals surface area contributed by atoms with Crippen molar-refractivity contribution < 1.29 is 17.9 Å². The van der Waals surface area contributed by atoms with Crippen molar-refractivity contribution in [3.8, 4) is 5.75 Å². The molecule has 2 aliphatic heterocycles. The van der Waals surface area contributed by atoms with Crippen LogP contribution < -0.4 is 10.1 Å². The molecule has 2 heterocycles. The van der Waals surface area contributed by atoms with Gasteiger partial charge in [-0.1, -0.05) is 6.42 Å². The molecular weight excluding hydrogens is 304 g/mol. The van der Waals surface area contributed by atoms with E-state index in [4.69, 9.17) is 4.74 Å². The third kappa shape index (κ3) is 2.59. The summed E-state index contributed by atoms with van der Waals surface area (Å²) in [5.74, 6) is 0.172. The van der Waals surface area contributed by atoms with Gasteiger partial charge in [-0.15, -0.1) is 0 Å². The van der Waals surface area contributed by atoms with Crippen LogP contribution in [-0.4, -0.2) is 37.3 Å². The van der Waals surface area contributed by atoms with Crippen molar-refractivity contribution in [1.82, 2.24) is 4.31 Å². The molecule has 1 saturated heterocycles. The largest absolute Gasteiger partial charge is 0.479 e. The second-order valence-electron chi connectivity index (χ2n) is 5.87. The van der Waals surface area contributed by atoms with E-state index in [1.54, 1.807) is 17.3 Å². The number of fused-ring (bicyclic) bond motifs is 1. The number of nitrogens with zero attached hydrogens (tertiary/aromatic N) is 1. The van der Waals surface area contributed by atoms with Crippen LogP contribution in [0, 0.1) is 0 Å². The van der Waals surface area contributed by atoms with E-state index in [0.29, 0.717) is 18.0 Å². The molecule has 1 N–H and O–H groups in total. The van der Waals surface area contributed by atoms with Gasteiger partial charge in [-0.25, -0.2) is 8.42 Å². The lowest BCUT2D eigenvalue weighted by Crippen LogP contribution is -2.42. The molecule has 3 rings (SSSR count). The Labute approximate surface area is 130 Å². The van der Waals surface area contributed by atoms with Crippen molar-refractivity contribution in [1.29, 1.82) is 0 Å². The molecule has 0 bridgehead atoms. The first kappa shape index (κ1) is 15.3. The van der Waals surface area contributed by atoms with Crippen molar-refractivity contribution in [2.45, 2.75) is 50.2 Å². The molecule has 22 heavy (non-hydrogen) atoms. The minimum absolute atomic E-state index is 0.00864. The normalized spacial score (nSPS) is 26.0. The van der Waals surface area contributed by atoms with Gasteiger partial charge in [0.15, 0.2) is 6.10 Å². The lowest BCUT2D eigenvalue weighted by Gasteiger charge is -2.32. The Balaban J connectivity index is 1.95. The van der Waals surface area contributed by atoms with Crippen LogP contribution in [0.4, 0.5) is 5.69 Å². The van der Waals surface area contributed by atoms with Gasteiger partial charge >= 0.3 is 0 Å². The molecule has 1 aromatic carbocycles. The number of hydrogen-bond donors (Lipinski definition) is 1. The summed E-state index contributed by atoms with van der Waals surface area (Å²) in [7, 11) is -3.54. The van der Waals surface area contributed by atoms with Gasteiger partial charge in [0, 0.05) is 18.7 Å². The van der Waals surface area contributed by atoms with E-state index in [9.17, 15) is 13.2 Å². The van der Waals surface area contributed by atoms with Gasteiger partial charge in [0.25, 0.3) is 5.91 Å². The third-order valence-corrected chi connectivity index (χ3v) is 6.24. The number of sulfonamides is 1. The van der Waals surface area contributed by atoms with Crippen LogP contribution in [0.25, 0.3) is 0 Å². The van der Waals surface area contributed by atoms with E-state index in [1.807, 2.05) is 6.92 Å². The Hall–Kier alpha value is -1.60. The van der Waals surface area contributed by atoms with E-state index >= 15 is 0 Å². The van der Waals surface area contributed by atoms with Crippen LogP contribution in [0.3, 0.4) is 0 Å². The fourth-order valence-corrected chi connectivity index (χ4v) is 4.62. The van der Waals surface area contributed by atoms with Crippen molar-refractivity contribution >= 4 is 21.6 Å². The molecule has 1 aromatic rings. The number of nitrogens with one attached hydrogen (secondary N) is 1. The van der Waals surface area contributed by atoms with Crippen LogP contribution in [0.1, 0.15) is 33.1 Å². The summed E-state index contributed by atoms with van der Waals surface area (Å²) in [6, 6.07) is 4.62. The third-order valence-electron chi connectivity index (χ3n) is 4.23. The molecule has 2 unspecified atom stereocenters. The van der Waals surface area contributed by atoms with Crippen molar-refractivity contribution in [2.75, 3.05) is 11.9 Å². The first-order valence-corrected chi connectivity index (χ1v) is 8.97. The van der Waals surface area contributed by atoms with Crippen LogP contribution in [0.15, 0.2) is 23.1 Å². The molecule has 6 nitrogen and oxygen atoms in total. The number of piperidine rings is 1. The lowest BCUT2D eigenvalue weighted by molar-refractivity contribution is -0.122. The zero-order valence-corrected chi connectivity index (χ0v) is 13.5. The Morgan fingerprint density at radius 3 is 2.77 bits per heavy atom. The van der Waals surface area contributed by atoms with Crippen LogP contribution in [0.5, 0.6) is 5.75 Å². The maximum Gasteiger partial charge on any atom is 0.265 e. The first-order chi connectivity index (χ1) is 10.4. The molecular formula is C15H20N2O4S. The minimum Gasteiger partial charge on any atom is -0.479 e. The monoisotopic (exact) mass is 324 g/mol. The lowest BCUT2D eigenvalue weighted by atomic mass is 10.1. The molecule has 2 aliphatic rings. The van der Waals surface area contributed by atoms with Crippen LogP contribution in [-0.2, 0) is 14.8 Å². The Kier molecular flexibility index (Phi) is 3.86. The number of benzene rings is 1. The Morgan fingerprint density at radius 2 is 2.05 bits per heavy atom. The molecule has 1 amide bonds. The Morgan fingerprint density at radius 1 is 1.27 bits per heavy atom. The summed E-state index contributed by atoms with van der Waals surface area (Å²) in [6.45, 7) is 4.12. The summed E-state index contributed by atoms with van der Waals surface area (Å²) >= 11 is 0. The zero-order chi connectivity index (χ0) is 15.9. The average molecular weight is 324 g/mol. The molecule has 7 heteroatoms. The molecule has 0 saturated carbocycles. The van der Waals surface area contributed by atoms with E-state index in [-0.39, 0.29) is 16.8 Å². The number of carbonyl (C=O) groups excluding carboxylic acids is 1. The topological polar surface area (TPSA) is 75.7 Å². The summed E-state index contributed by atoms with van der Waals surface area (Å²) in [5, 5.41) is 2.70. The van der Waals surface area contributed by atoms with Gasteiger partial charge in [0.05, 0.1) is 10.6 Å². The summed E-state index contributed by atoms with van der Waals surface area (Å²) < 4.78 is 32.7. The molecule has 0 radical (unpaired) electrons. The quantitative estimate of drug-likeness (QED) is 0.902. The van der Waals surface area contributed by atoms with Crippen LogP contribution in [0.2, 0.25) is 0 Å². The van der Waals surface area contributed by atoms with E-state index in [1.165, 1.54) is 12.1 Å². The predicted octanol–water partition coefficient (Wildman–Crippen LogP) is 1.97. The van der Waals surface area contributed by atoms with Gasteiger partial charge in [-0.2, -0.15) is 4.31 Å². The highest BCUT2D eigenvalue weighted by Gasteiger charge is 2.32. The van der Waals surface area contributed by atoms with Gasteiger partial charge in [-0.05, 0) is 38.8 Å². The number of rotatable bonds is 2. The van der Waals surface area contributed by atoms with Crippen molar-refractivity contribution in [3.05, 3.63) is 18.2 Å². The first-order valence-electron chi connectivity index (χ1n) is 7.53. The molecule has 2 atom stereocenters. The Bertz CT molecular complexity index is 701.